The first-order chi connectivity index (χ1) is 9.75. The summed E-state index contributed by atoms with van der Waals surface area (Å²) in [5, 5.41) is 3.84. The van der Waals surface area contributed by atoms with E-state index in [-0.39, 0.29) is 5.91 Å². The third-order valence-electron chi connectivity index (χ3n) is 2.59. The SMILES string of the molecule is Nc1ccc(C(=O)NN=CC=Cc2ccccc2)cc1. The molecule has 0 spiro atoms. The van der Waals surface area contributed by atoms with Crippen molar-refractivity contribution in [2.24, 2.45) is 5.10 Å². The second kappa shape index (κ2) is 6.89. The Morgan fingerprint density at radius 1 is 1.05 bits per heavy atom. The van der Waals surface area contributed by atoms with Crippen LogP contribution in [0.25, 0.3) is 6.08 Å². The Kier molecular flexibility index (Phi) is 4.67. The lowest BCUT2D eigenvalue weighted by Crippen LogP contribution is -2.17. The number of nitrogens with zero attached hydrogens (tertiary/aromatic N) is 1. The Hall–Kier alpha value is -2.88. The molecular weight excluding hydrogens is 250 g/mol. The molecule has 0 saturated carbocycles. The molecule has 2 aromatic rings. The maximum Gasteiger partial charge on any atom is 0.271 e. The number of nitrogens with two attached hydrogens (primary N) is 1. The highest BCUT2D eigenvalue weighted by atomic mass is 16.2. The molecule has 0 unspecified atom stereocenters. The molecule has 2 aromatic carbocycles. The van der Waals surface area contributed by atoms with Crippen molar-refractivity contribution in [2.75, 3.05) is 5.73 Å². The number of nitrogen functional groups attached to an aromatic ring is 1. The zero-order valence-corrected chi connectivity index (χ0v) is 10.9. The highest BCUT2D eigenvalue weighted by Gasteiger charge is 2.02. The quantitative estimate of drug-likeness (QED) is 0.507. The summed E-state index contributed by atoms with van der Waals surface area (Å²) in [5.41, 5.74) is 10.2. The van der Waals surface area contributed by atoms with E-state index in [4.69, 9.17) is 5.73 Å². The van der Waals surface area contributed by atoms with Gasteiger partial charge in [-0.05, 0) is 35.9 Å². The summed E-state index contributed by atoms with van der Waals surface area (Å²) in [6, 6.07) is 16.5. The summed E-state index contributed by atoms with van der Waals surface area (Å²) in [4.78, 5) is 11.7. The predicted octanol–water partition coefficient (Wildman–Crippen LogP) is 2.70. The van der Waals surface area contributed by atoms with Gasteiger partial charge in [-0.25, -0.2) is 5.43 Å². The van der Waals surface area contributed by atoms with Gasteiger partial charge in [-0.15, -0.1) is 0 Å². The monoisotopic (exact) mass is 265 g/mol. The van der Waals surface area contributed by atoms with Crippen LogP contribution in [-0.4, -0.2) is 12.1 Å². The van der Waals surface area contributed by atoms with Crippen LogP contribution >= 0.6 is 0 Å². The summed E-state index contributed by atoms with van der Waals surface area (Å²) in [7, 11) is 0. The molecule has 0 aromatic heterocycles. The number of benzene rings is 2. The highest BCUT2D eigenvalue weighted by molar-refractivity contribution is 5.95. The zero-order valence-electron chi connectivity index (χ0n) is 10.9. The molecular formula is C16H15N3O. The number of amides is 1. The molecule has 20 heavy (non-hydrogen) atoms. The van der Waals surface area contributed by atoms with E-state index in [0.717, 1.165) is 5.56 Å². The summed E-state index contributed by atoms with van der Waals surface area (Å²) in [6.07, 6.45) is 5.19. The molecule has 2 rings (SSSR count). The number of carbonyl (C=O) groups excluding carboxylic acids is 1. The zero-order chi connectivity index (χ0) is 14.2. The van der Waals surface area contributed by atoms with Gasteiger partial charge in [-0.3, -0.25) is 4.79 Å². The average Bonchev–Trinajstić information content (AvgIpc) is 2.48. The minimum Gasteiger partial charge on any atom is -0.399 e. The fraction of sp³-hybridized carbons (Fsp3) is 0. The summed E-state index contributed by atoms with van der Waals surface area (Å²) >= 11 is 0. The van der Waals surface area contributed by atoms with E-state index in [2.05, 4.69) is 10.5 Å². The molecule has 3 N–H and O–H groups in total. The first-order valence-corrected chi connectivity index (χ1v) is 6.16. The van der Waals surface area contributed by atoms with Crippen LogP contribution in [0.2, 0.25) is 0 Å². The predicted molar refractivity (Wildman–Crippen MR) is 82.3 cm³/mol. The lowest BCUT2D eigenvalue weighted by Gasteiger charge is -1.99. The van der Waals surface area contributed by atoms with Crippen molar-refractivity contribution < 1.29 is 4.79 Å². The molecule has 0 heterocycles. The van der Waals surface area contributed by atoms with Crippen LogP contribution in [-0.2, 0) is 0 Å². The van der Waals surface area contributed by atoms with Gasteiger partial charge in [0.15, 0.2) is 0 Å². The molecule has 4 nitrogen and oxygen atoms in total. The van der Waals surface area contributed by atoms with Gasteiger partial charge in [0.05, 0.1) is 0 Å². The van der Waals surface area contributed by atoms with Crippen LogP contribution in [0.3, 0.4) is 0 Å². The standard InChI is InChI=1S/C16H15N3O/c17-15-10-8-14(9-11-15)16(20)19-18-12-4-7-13-5-2-1-3-6-13/h1-12H,17H2,(H,19,20). The third kappa shape index (κ3) is 4.10. The van der Waals surface area contributed by atoms with Crippen LogP contribution in [0.15, 0.2) is 65.8 Å². The van der Waals surface area contributed by atoms with Crippen LogP contribution in [0.5, 0.6) is 0 Å². The maximum atomic E-state index is 11.7. The van der Waals surface area contributed by atoms with E-state index in [1.54, 1.807) is 30.3 Å². The molecule has 0 aliphatic rings. The maximum absolute atomic E-state index is 11.7. The van der Waals surface area contributed by atoms with E-state index in [1.165, 1.54) is 6.21 Å². The van der Waals surface area contributed by atoms with E-state index in [9.17, 15) is 4.79 Å². The van der Waals surface area contributed by atoms with Crippen molar-refractivity contribution in [1.82, 2.24) is 5.43 Å². The largest absolute Gasteiger partial charge is 0.399 e. The van der Waals surface area contributed by atoms with E-state index < -0.39 is 0 Å². The van der Waals surface area contributed by atoms with Gasteiger partial charge in [0, 0.05) is 17.5 Å². The number of anilines is 1. The minimum absolute atomic E-state index is 0.269. The number of nitrogens with one attached hydrogen (secondary N) is 1. The van der Waals surface area contributed by atoms with Crippen molar-refractivity contribution in [3.8, 4) is 0 Å². The second-order valence-electron chi connectivity index (χ2n) is 4.11. The van der Waals surface area contributed by atoms with Gasteiger partial charge < -0.3 is 5.73 Å². The number of rotatable bonds is 4. The number of hydrogen-bond acceptors (Lipinski definition) is 3. The van der Waals surface area contributed by atoms with Gasteiger partial charge in [0.25, 0.3) is 5.91 Å². The Morgan fingerprint density at radius 2 is 1.75 bits per heavy atom. The molecule has 100 valence electrons. The van der Waals surface area contributed by atoms with Crippen molar-refractivity contribution in [3.05, 3.63) is 71.8 Å². The number of hydrogen-bond donors (Lipinski definition) is 2. The number of carbonyl (C=O) groups is 1. The van der Waals surface area contributed by atoms with Gasteiger partial charge in [0.1, 0.15) is 0 Å². The minimum atomic E-state index is -0.269. The fourth-order valence-electron chi connectivity index (χ4n) is 1.56. The van der Waals surface area contributed by atoms with E-state index in [0.29, 0.717) is 11.3 Å². The van der Waals surface area contributed by atoms with E-state index >= 15 is 0 Å². The Bertz CT molecular complexity index is 616. The second-order valence-corrected chi connectivity index (χ2v) is 4.11. The first-order valence-electron chi connectivity index (χ1n) is 6.16. The molecule has 0 saturated heterocycles. The molecule has 0 aliphatic heterocycles. The molecule has 0 fully saturated rings. The normalized spacial score (nSPS) is 11.0. The van der Waals surface area contributed by atoms with Gasteiger partial charge in [-0.1, -0.05) is 36.4 Å². The van der Waals surface area contributed by atoms with Crippen molar-refractivity contribution in [2.45, 2.75) is 0 Å². The smallest absolute Gasteiger partial charge is 0.271 e. The van der Waals surface area contributed by atoms with Gasteiger partial charge in [0.2, 0.25) is 0 Å². The fourth-order valence-corrected chi connectivity index (χ4v) is 1.56. The van der Waals surface area contributed by atoms with E-state index in [1.807, 2.05) is 36.4 Å². The average molecular weight is 265 g/mol. The van der Waals surface area contributed by atoms with Crippen LogP contribution in [0.1, 0.15) is 15.9 Å². The molecule has 0 radical (unpaired) electrons. The van der Waals surface area contributed by atoms with Crippen LogP contribution < -0.4 is 11.2 Å². The summed E-state index contributed by atoms with van der Waals surface area (Å²) in [6.45, 7) is 0. The van der Waals surface area contributed by atoms with Gasteiger partial charge >= 0.3 is 0 Å². The molecule has 0 bridgehead atoms. The third-order valence-corrected chi connectivity index (χ3v) is 2.59. The Labute approximate surface area is 117 Å². The lowest BCUT2D eigenvalue weighted by molar-refractivity contribution is 0.0955. The van der Waals surface area contributed by atoms with Gasteiger partial charge in [-0.2, -0.15) is 5.10 Å². The number of allylic oxidation sites excluding steroid dienone is 1. The molecule has 1 amide bonds. The Morgan fingerprint density at radius 3 is 2.45 bits per heavy atom. The molecule has 4 heteroatoms. The highest BCUT2D eigenvalue weighted by Crippen LogP contribution is 2.05. The molecule has 0 atom stereocenters. The van der Waals surface area contributed by atoms with Crippen molar-refractivity contribution in [3.63, 3.8) is 0 Å². The van der Waals surface area contributed by atoms with Crippen LogP contribution in [0, 0.1) is 0 Å². The lowest BCUT2D eigenvalue weighted by atomic mass is 10.2. The topological polar surface area (TPSA) is 67.5 Å². The summed E-state index contributed by atoms with van der Waals surface area (Å²) < 4.78 is 0. The molecule has 0 aliphatic carbocycles. The first kappa shape index (κ1) is 13.5. The summed E-state index contributed by atoms with van der Waals surface area (Å²) in [5.74, 6) is -0.269. The van der Waals surface area contributed by atoms with Crippen molar-refractivity contribution in [1.29, 1.82) is 0 Å². The number of hydrazone groups is 1. The Balaban J connectivity index is 1.86. The van der Waals surface area contributed by atoms with Crippen molar-refractivity contribution >= 4 is 23.9 Å². The van der Waals surface area contributed by atoms with Crippen LogP contribution in [0.4, 0.5) is 5.69 Å².